The maximum atomic E-state index is 12.1. The van der Waals surface area contributed by atoms with E-state index in [9.17, 15) is 9.59 Å². The summed E-state index contributed by atoms with van der Waals surface area (Å²) in [5, 5.41) is 2.89. The molecule has 0 bridgehead atoms. The quantitative estimate of drug-likeness (QED) is 0.814. The molecule has 0 unspecified atom stereocenters. The number of hydrogen-bond acceptors (Lipinski definition) is 4. The summed E-state index contributed by atoms with van der Waals surface area (Å²) in [5.74, 6) is -0.146. The van der Waals surface area contributed by atoms with Crippen molar-refractivity contribution in [2.24, 2.45) is 0 Å². The number of thioether (sulfide) groups is 1. The summed E-state index contributed by atoms with van der Waals surface area (Å²) >= 11 is 1.58. The van der Waals surface area contributed by atoms with Crippen LogP contribution in [0.1, 0.15) is 6.92 Å². The van der Waals surface area contributed by atoms with Crippen LogP contribution in [0.25, 0.3) is 0 Å². The van der Waals surface area contributed by atoms with Crippen LogP contribution in [0.5, 0.6) is 0 Å². The molecule has 0 aliphatic heterocycles. The Bertz CT molecular complexity index is 505. The fourth-order valence-corrected chi connectivity index (χ4v) is 2.42. The lowest BCUT2D eigenvalue weighted by atomic mass is 10.2. The molecular weight excluding hydrogens is 286 g/mol. The third-order valence-electron chi connectivity index (χ3n) is 3.23. The molecular formula is C15H23N3O2S. The number of amides is 2. The molecule has 0 saturated heterocycles. The number of likely N-dealkylation sites (N-methyl/N-ethyl adjacent to an activating group) is 2. The molecule has 21 heavy (non-hydrogen) atoms. The van der Waals surface area contributed by atoms with Crippen LogP contribution in [-0.2, 0) is 9.59 Å². The van der Waals surface area contributed by atoms with Crippen molar-refractivity contribution in [1.29, 1.82) is 0 Å². The van der Waals surface area contributed by atoms with Crippen molar-refractivity contribution >= 4 is 29.3 Å². The topological polar surface area (TPSA) is 52.7 Å². The van der Waals surface area contributed by atoms with Crippen LogP contribution in [0.15, 0.2) is 29.2 Å². The first-order valence-corrected chi connectivity index (χ1v) is 7.93. The molecule has 5 nitrogen and oxygen atoms in total. The molecule has 0 spiro atoms. The van der Waals surface area contributed by atoms with Crippen molar-refractivity contribution in [2.45, 2.75) is 17.9 Å². The molecule has 0 saturated carbocycles. The van der Waals surface area contributed by atoms with E-state index in [1.807, 2.05) is 30.5 Å². The number of hydrogen-bond donors (Lipinski definition) is 1. The van der Waals surface area contributed by atoms with E-state index in [1.54, 1.807) is 44.7 Å². The van der Waals surface area contributed by atoms with Crippen LogP contribution in [0.3, 0.4) is 0 Å². The van der Waals surface area contributed by atoms with Crippen LogP contribution < -0.4 is 5.32 Å². The zero-order valence-electron chi connectivity index (χ0n) is 13.2. The summed E-state index contributed by atoms with van der Waals surface area (Å²) in [6.45, 7) is 1.97. The van der Waals surface area contributed by atoms with Crippen LogP contribution >= 0.6 is 11.8 Å². The van der Waals surface area contributed by atoms with Crippen LogP contribution in [0.2, 0.25) is 0 Å². The van der Waals surface area contributed by atoms with E-state index < -0.39 is 0 Å². The van der Waals surface area contributed by atoms with Crippen LogP contribution in [-0.4, -0.2) is 61.6 Å². The van der Waals surface area contributed by atoms with Gasteiger partial charge in [0.05, 0.1) is 18.3 Å². The van der Waals surface area contributed by atoms with Crippen molar-refractivity contribution < 1.29 is 9.59 Å². The monoisotopic (exact) mass is 309 g/mol. The van der Waals surface area contributed by atoms with Gasteiger partial charge in [-0.05, 0) is 32.4 Å². The van der Waals surface area contributed by atoms with Gasteiger partial charge in [0, 0.05) is 19.0 Å². The average molecular weight is 309 g/mol. The normalized spacial score (nSPS) is 12.1. The molecule has 0 aromatic heterocycles. The van der Waals surface area contributed by atoms with Gasteiger partial charge in [0.25, 0.3) is 0 Å². The van der Waals surface area contributed by atoms with E-state index in [0.717, 1.165) is 10.6 Å². The number of carbonyl (C=O) groups excluding carboxylic acids is 2. The van der Waals surface area contributed by atoms with Crippen molar-refractivity contribution in [3.8, 4) is 0 Å². The minimum Gasteiger partial charge on any atom is -0.347 e. The largest absolute Gasteiger partial charge is 0.347 e. The molecule has 0 fully saturated rings. The highest BCUT2D eigenvalue weighted by Crippen LogP contribution is 2.24. The number of nitrogens with one attached hydrogen (secondary N) is 1. The van der Waals surface area contributed by atoms with Crippen molar-refractivity contribution in [3.63, 3.8) is 0 Å². The smallest absolute Gasteiger partial charge is 0.239 e. The van der Waals surface area contributed by atoms with Gasteiger partial charge in [0.15, 0.2) is 0 Å². The van der Waals surface area contributed by atoms with Gasteiger partial charge in [-0.2, -0.15) is 0 Å². The number of anilines is 1. The maximum Gasteiger partial charge on any atom is 0.239 e. The molecule has 2 amide bonds. The highest BCUT2D eigenvalue weighted by Gasteiger charge is 2.21. The Hall–Kier alpha value is -1.53. The molecule has 1 aromatic carbocycles. The third kappa shape index (κ3) is 5.06. The molecule has 1 aromatic rings. The Labute approximate surface area is 130 Å². The lowest BCUT2D eigenvalue weighted by Gasteiger charge is -2.25. The molecule has 0 aliphatic rings. The highest BCUT2D eigenvalue weighted by molar-refractivity contribution is 7.98. The number of rotatable bonds is 6. The first-order chi connectivity index (χ1) is 9.86. The van der Waals surface area contributed by atoms with Gasteiger partial charge in [-0.1, -0.05) is 12.1 Å². The van der Waals surface area contributed by atoms with E-state index in [1.165, 1.54) is 4.90 Å². The number of nitrogens with zero attached hydrogens (tertiary/aromatic N) is 2. The lowest BCUT2D eigenvalue weighted by molar-refractivity contribution is -0.133. The summed E-state index contributed by atoms with van der Waals surface area (Å²) in [7, 11) is 5.19. The predicted octanol–water partition coefficient (Wildman–Crippen LogP) is 1.76. The Kier molecular flexibility index (Phi) is 6.71. The molecule has 0 aliphatic carbocycles. The zero-order chi connectivity index (χ0) is 16.0. The van der Waals surface area contributed by atoms with E-state index in [-0.39, 0.29) is 24.4 Å². The average Bonchev–Trinajstić information content (AvgIpc) is 2.45. The fraction of sp³-hybridized carbons (Fsp3) is 0.467. The Morgan fingerprint density at radius 3 is 2.43 bits per heavy atom. The predicted molar refractivity (Wildman–Crippen MR) is 87.6 cm³/mol. The molecule has 0 heterocycles. The molecule has 1 rings (SSSR count). The van der Waals surface area contributed by atoms with E-state index in [4.69, 9.17) is 0 Å². The Balaban J connectivity index is 2.63. The second-order valence-corrected chi connectivity index (χ2v) is 5.92. The van der Waals surface area contributed by atoms with Gasteiger partial charge in [-0.25, -0.2) is 0 Å². The SMILES string of the molecule is CSc1ccccc1NC(=O)CN(C)[C@@H](C)C(=O)N(C)C. The first kappa shape index (κ1) is 17.5. The van der Waals surface area contributed by atoms with Gasteiger partial charge in [-0.3, -0.25) is 14.5 Å². The Morgan fingerprint density at radius 2 is 1.86 bits per heavy atom. The van der Waals surface area contributed by atoms with Gasteiger partial charge < -0.3 is 10.2 Å². The summed E-state index contributed by atoms with van der Waals surface area (Å²) in [4.78, 5) is 28.3. The fourth-order valence-electron chi connectivity index (χ4n) is 1.86. The maximum absolute atomic E-state index is 12.1. The summed E-state index contributed by atoms with van der Waals surface area (Å²) in [5.41, 5.74) is 0.801. The van der Waals surface area contributed by atoms with Crippen molar-refractivity contribution in [2.75, 3.05) is 39.3 Å². The van der Waals surface area contributed by atoms with Gasteiger partial charge >= 0.3 is 0 Å². The minimum absolute atomic E-state index is 0.0187. The molecule has 6 heteroatoms. The number of benzene rings is 1. The first-order valence-electron chi connectivity index (χ1n) is 6.71. The molecule has 116 valence electrons. The summed E-state index contributed by atoms with van der Waals surface area (Å²) < 4.78 is 0. The number of carbonyl (C=O) groups is 2. The molecule has 0 radical (unpaired) electrons. The second kappa shape index (κ2) is 8.05. The van der Waals surface area contributed by atoms with Gasteiger partial charge in [-0.15, -0.1) is 11.8 Å². The lowest BCUT2D eigenvalue weighted by Crippen LogP contribution is -2.45. The van der Waals surface area contributed by atoms with Gasteiger partial charge in [0.2, 0.25) is 11.8 Å². The van der Waals surface area contributed by atoms with E-state index >= 15 is 0 Å². The third-order valence-corrected chi connectivity index (χ3v) is 4.03. The van der Waals surface area contributed by atoms with Crippen molar-refractivity contribution in [1.82, 2.24) is 9.80 Å². The molecule has 1 atom stereocenters. The highest BCUT2D eigenvalue weighted by atomic mass is 32.2. The number of para-hydroxylation sites is 1. The zero-order valence-corrected chi connectivity index (χ0v) is 14.0. The van der Waals surface area contributed by atoms with Gasteiger partial charge in [0.1, 0.15) is 0 Å². The van der Waals surface area contributed by atoms with E-state index in [2.05, 4.69) is 5.32 Å². The Morgan fingerprint density at radius 1 is 1.24 bits per heavy atom. The summed E-state index contributed by atoms with van der Waals surface area (Å²) in [6, 6.07) is 7.32. The standard InChI is InChI=1S/C15H23N3O2S/c1-11(15(20)17(2)3)18(4)10-14(19)16-12-8-6-7-9-13(12)21-5/h6-9,11H,10H2,1-5H3,(H,16,19)/t11-/m0/s1. The van der Waals surface area contributed by atoms with Crippen LogP contribution in [0.4, 0.5) is 5.69 Å². The van der Waals surface area contributed by atoms with Crippen molar-refractivity contribution in [3.05, 3.63) is 24.3 Å². The summed E-state index contributed by atoms with van der Waals surface area (Å²) in [6.07, 6.45) is 1.97. The minimum atomic E-state index is -0.332. The second-order valence-electron chi connectivity index (χ2n) is 5.07. The molecule has 1 N–H and O–H groups in total. The van der Waals surface area contributed by atoms with E-state index in [0.29, 0.717) is 0 Å². The van der Waals surface area contributed by atoms with Crippen LogP contribution in [0, 0.1) is 0 Å².